The predicted octanol–water partition coefficient (Wildman–Crippen LogP) is 2.96. The highest BCUT2D eigenvalue weighted by atomic mass is 19.1. The Bertz CT molecular complexity index is 837. The molecule has 0 unspecified atom stereocenters. The quantitative estimate of drug-likeness (QED) is 0.742. The zero-order valence-electron chi connectivity index (χ0n) is 18.3. The van der Waals surface area contributed by atoms with Crippen LogP contribution >= 0.6 is 0 Å². The molecule has 3 saturated heterocycles. The number of amides is 3. The van der Waals surface area contributed by atoms with Crippen LogP contribution in [-0.2, 0) is 20.9 Å². The summed E-state index contributed by atoms with van der Waals surface area (Å²) in [7, 11) is 0. The minimum atomic E-state index is -0.294. The fourth-order valence-electron chi connectivity index (χ4n) is 5.47. The van der Waals surface area contributed by atoms with Crippen molar-refractivity contribution in [2.24, 2.45) is 5.92 Å². The molecule has 0 saturated carbocycles. The summed E-state index contributed by atoms with van der Waals surface area (Å²) in [5.74, 6) is -0.0707. The number of halogens is 1. The number of carbonyl (C=O) groups excluding carboxylic acids is 3. The van der Waals surface area contributed by atoms with Gasteiger partial charge in [0.1, 0.15) is 5.82 Å². The highest BCUT2D eigenvalue weighted by Gasteiger charge is 2.44. The van der Waals surface area contributed by atoms with Crippen molar-refractivity contribution in [2.75, 3.05) is 19.6 Å². The van der Waals surface area contributed by atoms with Crippen LogP contribution in [0.3, 0.4) is 0 Å². The highest BCUT2D eigenvalue weighted by Crippen LogP contribution is 2.33. The first-order valence-electron chi connectivity index (χ1n) is 11.5. The summed E-state index contributed by atoms with van der Waals surface area (Å²) in [6, 6.07) is 6.55. The van der Waals surface area contributed by atoms with Crippen LogP contribution in [0.4, 0.5) is 4.39 Å². The molecular weight excluding hydrogens is 397 g/mol. The number of hydrogen-bond acceptors (Lipinski definition) is 3. The van der Waals surface area contributed by atoms with Crippen LogP contribution in [0.1, 0.15) is 57.4 Å². The summed E-state index contributed by atoms with van der Waals surface area (Å²) in [5, 5.41) is 0. The average Bonchev–Trinajstić information content (AvgIpc) is 3.17. The van der Waals surface area contributed by atoms with Crippen LogP contribution in [0.5, 0.6) is 0 Å². The van der Waals surface area contributed by atoms with Crippen molar-refractivity contribution in [3.63, 3.8) is 0 Å². The Morgan fingerprint density at radius 1 is 1.00 bits per heavy atom. The first-order valence-corrected chi connectivity index (χ1v) is 11.5. The molecule has 6 nitrogen and oxygen atoms in total. The lowest BCUT2D eigenvalue weighted by atomic mass is 9.93. The van der Waals surface area contributed by atoms with E-state index in [0.29, 0.717) is 44.5 Å². The summed E-state index contributed by atoms with van der Waals surface area (Å²) < 4.78 is 14.3. The second kappa shape index (κ2) is 9.37. The van der Waals surface area contributed by atoms with Crippen molar-refractivity contribution in [1.82, 2.24) is 14.7 Å². The molecule has 0 aliphatic carbocycles. The van der Waals surface area contributed by atoms with Gasteiger partial charge in [0.15, 0.2) is 0 Å². The maximum Gasteiger partial charge on any atom is 0.226 e. The molecule has 0 radical (unpaired) electrons. The molecule has 2 atom stereocenters. The molecule has 3 amide bonds. The lowest BCUT2D eigenvalue weighted by Crippen LogP contribution is -2.51. The van der Waals surface area contributed by atoms with Gasteiger partial charge in [-0.25, -0.2) is 4.39 Å². The molecule has 4 rings (SSSR count). The summed E-state index contributed by atoms with van der Waals surface area (Å²) in [6.45, 7) is 3.73. The maximum absolute atomic E-state index is 14.3. The molecule has 168 valence electrons. The summed E-state index contributed by atoms with van der Waals surface area (Å²) in [6.07, 6.45) is 5.22. The first kappa shape index (κ1) is 21.8. The lowest BCUT2D eigenvalue weighted by molar-refractivity contribution is -0.143. The van der Waals surface area contributed by atoms with E-state index in [9.17, 15) is 18.8 Å². The standard InChI is InChI=1S/C24H32FN3O3/c1-17(29)26-13-10-18(11-14-26)24(31)27-15-12-22-21(27)8-4-5-9-23(30)28(22)16-19-6-2-3-7-20(19)25/h2-3,6-7,18,21-22H,4-5,8-16H2,1H3/t21-,22+/m1/s1. The van der Waals surface area contributed by atoms with Crippen molar-refractivity contribution in [3.05, 3.63) is 35.6 Å². The van der Waals surface area contributed by atoms with Gasteiger partial charge in [0.25, 0.3) is 0 Å². The van der Waals surface area contributed by atoms with Gasteiger partial charge in [-0.15, -0.1) is 0 Å². The Kier molecular flexibility index (Phi) is 6.58. The van der Waals surface area contributed by atoms with Crippen LogP contribution in [0.2, 0.25) is 0 Å². The second-order valence-corrected chi connectivity index (χ2v) is 9.09. The van der Waals surface area contributed by atoms with Gasteiger partial charge in [-0.2, -0.15) is 0 Å². The van der Waals surface area contributed by atoms with E-state index in [1.54, 1.807) is 30.0 Å². The second-order valence-electron chi connectivity index (χ2n) is 9.09. The smallest absolute Gasteiger partial charge is 0.226 e. The lowest BCUT2D eigenvalue weighted by Gasteiger charge is -2.39. The van der Waals surface area contributed by atoms with Crippen molar-refractivity contribution in [2.45, 2.75) is 70.5 Å². The summed E-state index contributed by atoms with van der Waals surface area (Å²) in [4.78, 5) is 43.6. The number of fused-ring (bicyclic) bond motifs is 1. The van der Waals surface area contributed by atoms with Gasteiger partial charge in [-0.05, 0) is 38.2 Å². The fraction of sp³-hybridized carbons (Fsp3) is 0.625. The molecule has 3 aliphatic rings. The van der Waals surface area contributed by atoms with E-state index in [2.05, 4.69) is 0 Å². The molecule has 3 heterocycles. The van der Waals surface area contributed by atoms with E-state index in [4.69, 9.17) is 0 Å². The number of piperidine rings is 1. The molecule has 0 bridgehead atoms. The Balaban J connectivity index is 1.49. The normalized spacial score (nSPS) is 25.2. The third kappa shape index (κ3) is 4.60. The van der Waals surface area contributed by atoms with E-state index in [-0.39, 0.29) is 48.1 Å². The molecule has 0 spiro atoms. The molecule has 7 heteroatoms. The molecule has 0 N–H and O–H groups in total. The third-order valence-electron chi connectivity index (χ3n) is 7.24. The van der Waals surface area contributed by atoms with E-state index < -0.39 is 0 Å². The van der Waals surface area contributed by atoms with Gasteiger partial charge in [0, 0.05) is 51.0 Å². The first-order chi connectivity index (χ1) is 15.0. The minimum absolute atomic E-state index is 0.00522. The van der Waals surface area contributed by atoms with Gasteiger partial charge in [0.2, 0.25) is 17.7 Å². The SMILES string of the molecule is CC(=O)N1CCC(C(=O)N2CC[C@H]3[C@H]2CCCCC(=O)N3Cc2ccccc2F)CC1. The van der Waals surface area contributed by atoms with Crippen LogP contribution in [0.25, 0.3) is 0 Å². The monoisotopic (exact) mass is 429 g/mol. The van der Waals surface area contributed by atoms with Crippen LogP contribution in [0.15, 0.2) is 24.3 Å². The molecular formula is C24H32FN3O3. The van der Waals surface area contributed by atoms with E-state index in [1.165, 1.54) is 6.07 Å². The molecule has 1 aromatic rings. The Morgan fingerprint density at radius 2 is 1.74 bits per heavy atom. The van der Waals surface area contributed by atoms with Crippen LogP contribution in [-0.4, -0.2) is 64.1 Å². The summed E-state index contributed by atoms with van der Waals surface area (Å²) >= 11 is 0. The van der Waals surface area contributed by atoms with E-state index in [1.807, 2.05) is 9.80 Å². The van der Waals surface area contributed by atoms with Crippen molar-refractivity contribution >= 4 is 17.7 Å². The number of rotatable bonds is 3. The number of carbonyl (C=O) groups is 3. The van der Waals surface area contributed by atoms with Gasteiger partial charge < -0.3 is 14.7 Å². The maximum atomic E-state index is 14.3. The highest BCUT2D eigenvalue weighted by molar-refractivity contribution is 5.81. The fourth-order valence-corrected chi connectivity index (χ4v) is 5.47. The van der Waals surface area contributed by atoms with Crippen molar-refractivity contribution in [1.29, 1.82) is 0 Å². The molecule has 31 heavy (non-hydrogen) atoms. The Morgan fingerprint density at radius 3 is 2.45 bits per heavy atom. The van der Waals surface area contributed by atoms with Crippen molar-refractivity contribution < 1.29 is 18.8 Å². The van der Waals surface area contributed by atoms with Crippen LogP contribution in [0, 0.1) is 11.7 Å². The zero-order chi connectivity index (χ0) is 22.0. The molecule has 0 aromatic heterocycles. The number of likely N-dealkylation sites (tertiary alicyclic amines) is 3. The molecule has 1 aromatic carbocycles. The average molecular weight is 430 g/mol. The predicted molar refractivity (Wildman–Crippen MR) is 114 cm³/mol. The van der Waals surface area contributed by atoms with Gasteiger partial charge in [0.05, 0.1) is 12.1 Å². The number of benzene rings is 1. The molecule has 3 fully saturated rings. The Hall–Kier alpha value is -2.44. The third-order valence-corrected chi connectivity index (χ3v) is 7.24. The van der Waals surface area contributed by atoms with Gasteiger partial charge in [-0.3, -0.25) is 14.4 Å². The zero-order valence-corrected chi connectivity index (χ0v) is 18.3. The van der Waals surface area contributed by atoms with Crippen molar-refractivity contribution in [3.8, 4) is 0 Å². The summed E-state index contributed by atoms with van der Waals surface area (Å²) in [5.41, 5.74) is 0.525. The minimum Gasteiger partial charge on any atom is -0.343 e. The molecule has 3 aliphatic heterocycles. The van der Waals surface area contributed by atoms with Gasteiger partial charge in [-0.1, -0.05) is 24.6 Å². The van der Waals surface area contributed by atoms with E-state index >= 15 is 0 Å². The number of hydrogen-bond donors (Lipinski definition) is 0. The topological polar surface area (TPSA) is 60.9 Å². The number of nitrogens with zero attached hydrogens (tertiary/aromatic N) is 3. The largest absolute Gasteiger partial charge is 0.343 e. The van der Waals surface area contributed by atoms with Crippen LogP contribution < -0.4 is 0 Å². The Labute approximate surface area is 183 Å². The van der Waals surface area contributed by atoms with Gasteiger partial charge >= 0.3 is 0 Å². The van der Waals surface area contributed by atoms with E-state index in [0.717, 1.165) is 25.7 Å².